The maximum Gasteiger partial charge on any atom is 0.194 e. The molecule has 78 valence electrons. The highest BCUT2D eigenvalue weighted by Gasteiger charge is 2.06. The molecular weight excluding hydrogens is 230 g/mol. The zero-order chi connectivity index (χ0) is 10.8. The Morgan fingerprint density at radius 2 is 2.60 bits per heavy atom. The second-order valence-electron chi connectivity index (χ2n) is 2.87. The molecule has 2 aromatic heterocycles. The normalized spacial score (nSPS) is 11.3. The summed E-state index contributed by atoms with van der Waals surface area (Å²) in [7, 11) is 0. The van der Waals surface area contributed by atoms with E-state index in [1.165, 1.54) is 0 Å². The summed E-state index contributed by atoms with van der Waals surface area (Å²) in [5, 5.41) is 6.03. The van der Waals surface area contributed by atoms with E-state index in [-0.39, 0.29) is 5.11 Å². The third-order valence-electron chi connectivity index (χ3n) is 1.84. The molecule has 3 N–H and O–H groups in total. The molecule has 0 saturated carbocycles. The van der Waals surface area contributed by atoms with E-state index in [2.05, 4.69) is 27.7 Å². The van der Waals surface area contributed by atoms with Crippen molar-refractivity contribution in [3.8, 4) is 0 Å². The van der Waals surface area contributed by atoms with Gasteiger partial charge in [-0.25, -0.2) is 4.98 Å². The van der Waals surface area contributed by atoms with Crippen LogP contribution in [0.25, 0.3) is 4.96 Å². The Bertz CT molecular complexity index is 524. The van der Waals surface area contributed by atoms with Crippen LogP contribution in [0.15, 0.2) is 16.7 Å². The lowest BCUT2D eigenvalue weighted by molar-refractivity contribution is 1.03. The maximum atomic E-state index is 5.25. The Kier molecular flexibility index (Phi) is 2.65. The standard InChI is InChI=1S/C8H9N5S2/c1-5-6(4-10-12-7(9)14)13-2-3-15-8(13)11-5/h2-4H,1H3,(H3,9,12,14)/b10-4+. The van der Waals surface area contributed by atoms with Gasteiger partial charge in [0.1, 0.15) is 0 Å². The molecule has 0 fully saturated rings. The largest absolute Gasteiger partial charge is 0.375 e. The summed E-state index contributed by atoms with van der Waals surface area (Å²) >= 11 is 6.22. The number of rotatable bonds is 2. The molecule has 0 aliphatic carbocycles. The molecule has 2 aromatic rings. The molecule has 0 amide bonds. The van der Waals surface area contributed by atoms with Crippen LogP contribution in [0.5, 0.6) is 0 Å². The van der Waals surface area contributed by atoms with Crippen molar-refractivity contribution in [3.05, 3.63) is 23.0 Å². The monoisotopic (exact) mass is 239 g/mol. The van der Waals surface area contributed by atoms with E-state index in [4.69, 9.17) is 5.73 Å². The van der Waals surface area contributed by atoms with E-state index in [9.17, 15) is 0 Å². The minimum Gasteiger partial charge on any atom is -0.375 e. The molecule has 0 aliphatic rings. The number of imidazole rings is 1. The van der Waals surface area contributed by atoms with E-state index in [1.807, 2.05) is 22.9 Å². The predicted molar refractivity (Wildman–Crippen MR) is 65.3 cm³/mol. The van der Waals surface area contributed by atoms with Gasteiger partial charge in [0.2, 0.25) is 0 Å². The summed E-state index contributed by atoms with van der Waals surface area (Å²) in [6.07, 6.45) is 3.60. The minimum absolute atomic E-state index is 0.148. The van der Waals surface area contributed by atoms with Crippen LogP contribution in [-0.4, -0.2) is 20.7 Å². The molecule has 0 unspecified atom stereocenters. The summed E-state index contributed by atoms with van der Waals surface area (Å²) in [5.74, 6) is 0. The Morgan fingerprint density at radius 1 is 1.80 bits per heavy atom. The van der Waals surface area contributed by atoms with Gasteiger partial charge in [-0.1, -0.05) is 0 Å². The van der Waals surface area contributed by atoms with Crippen LogP contribution in [-0.2, 0) is 0 Å². The number of fused-ring (bicyclic) bond motifs is 1. The SMILES string of the molecule is Cc1nc2sccn2c1/C=N/NC(N)=S. The van der Waals surface area contributed by atoms with Crippen LogP contribution in [0.4, 0.5) is 0 Å². The molecule has 7 heteroatoms. The van der Waals surface area contributed by atoms with Crippen LogP contribution >= 0.6 is 23.6 Å². The van der Waals surface area contributed by atoms with Gasteiger partial charge in [-0.05, 0) is 19.1 Å². The highest BCUT2D eigenvalue weighted by Crippen LogP contribution is 2.14. The van der Waals surface area contributed by atoms with Crippen LogP contribution in [0, 0.1) is 6.92 Å². The fraction of sp³-hybridized carbons (Fsp3) is 0.125. The van der Waals surface area contributed by atoms with Gasteiger partial charge >= 0.3 is 0 Å². The number of nitrogens with two attached hydrogens (primary N) is 1. The van der Waals surface area contributed by atoms with Gasteiger partial charge in [-0.15, -0.1) is 11.3 Å². The number of aryl methyl sites for hydroxylation is 1. The third kappa shape index (κ3) is 1.97. The van der Waals surface area contributed by atoms with Crippen LogP contribution in [0.3, 0.4) is 0 Å². The van der Waals surface area contributed by atoms with Crippen molar-refractivity contribution in [2.24, 2.45) is 10.8 Å². The first-order valence-corrected chi connectivity index (χ1v) is 5.48. The lowest BCUT2D eigenvalue weighted by atomic mass is 10.4. The fourth-order valence-corrected chi connectivity index (χ4v) is 2.04. The minimum atomic E-state index is 0.148. The van der Waals surface area contributed by atoms with Crippen molar-refractivity contribution in [2.75, 3.05) is 0 Å². The Morgan fingerprint density at radius 3 is 3.33 bits per heavy atom. The summed E-state index contributed by atoms with van der Waals surface area (Å²) in [6, 6.07) is 0. The Labute approximate surface area is 95.6 Å². The highest BCUT2D eigenvalue weighted by atomic mass is 32.1. The fourth-order valence-electron chi connectivity index (χ4n) is 1.22. The van der Waals surface area contributed by atoms with Crippen LogP contribution in [0.2, 0.25) is 0 Å². The molecule has 0 bridgehead atoms. The van der Waals surface area contributed by atoms with Gasteiger partial charge in [0.25, 0.3) is 0 Å². The molecule has 2 heterocycles. The molecule has 0 atom stereocenters. The van der Waals surface area contributed by atoms with Crippen molar-refractivity contribution in [3.63, 3.8) is 0 Å². The van der Waals surface area contributed by atoms with E-state index in [0.717, 1.165) is 16.3 Å². The first kappa shape index (κ1) is 10.1. The van der Waals surface area contributed by atoms with Crippen molar-refractivity contribution < 1.29 is 0 Å². The topological polar surface area (TPSA) is 67.7 Å². The lowest BCUT2D eigenvalue weighted by Gasteiger charge is -1.94. The number of thiazole rings is 1. The molecular formula is C8H9N5S2. The highest BCUT2D eigenvalue weighted by molar-refractivity contribution is 7.80. The van der Waals surface area contributed by atoms with Crippen LogP contribution in [0.1, 0.15) is 11.4 Å². The zero-order valence-electron chi connectivity index (χ0n) is 7.97. The van der Waals surface area contributed by atoms with E-state index in [0.29, 0.717) is 0 Å². The Hall–Kier alpha value is -1.47. The van der Waals surface area contributed by atoms with Gasteiger partial charge in [-0.2, -0.15) is 5.10 Å². The average Bonchev–Trinajstić information content (AvgIpc) is 2.68. The molecule has 2 rings (SSSR count). The average molecular weight is 239 g/mol. The first-order chi connectivity index (χ1) is 7.18. The van der Waals surface area contributed by atoms with Crippen molar-refractivity contribution in [1.29, 1.82) is 0 Å². The van der Waals surface area contributed by atoms with Gasteiger partial charge in [0.15, 0.2) is 10.1 Å². The molecule has 0 aliphatic heterocycles. The summed E-state index contributed by atoms with van der Waals surface area (Å²) in [4.78, 5) is 5.32. The smallest absolute Gasteiger partial charge is 0.194 e. The molecule has 0 radical (unpaired) electrons. The third-order valence-corrected chi connectivity index (χ3v) is 2.69. The van der Waals surface area contributed by atoms with Gasteiger partial charge in [-0.3, -0.25) is 9.83 Å². The lowest BCUT2D eigenvalue weighted by Crippen LogP contribution is -2.24. The Balaban J connectivity index is 2.33. The van der Waals surface area contributed by atoms with Gasteiger partial charge < -0.3 is 5.73 Å². The van der Waals surface area contributed by atoms with Crippen LogP contribution < -0.4 is 11.2 Å². The number of thiocarbonyl (C=S) groups is 1. The second-order valence-corrected chi connectivity index (χ2v) is 4.19. The van der Waals surface area contributed by atoms with E-state index < -0.39 is 0 Å². The van der Waals surface area contributed by atoms with E-state index in [1.54, 1.807) is 17.6 Å². The number of nitrogens with one attached hydrogen (secondary N) is 1. The van der Waals surface area contributed by atoms with E-state index >= 15 is 0 Å². The molecule has 5 nitrogen and oxygen atoms in total. The number of aromatic nitrogens is 2. The number of hydrogen-bond acceptors (Lipinski definition) is 4. The molecule has 15 heavy (non-hydrogen) atoms. The molecule has 0 saturated heterocycles. The van der Waals surface area contributed by atoms with Crippen molar-refractivity contribution in [2.45, 2.75) is 6.92 Å². The number of hydrazone groups is 1. The first-order valence-electron chi connectivity index (χ1n) is 4.19. The predicted octanol–water partition coefficient (Wildman–Crippen LogP) is 0.871. The summed E-state index contributed by atoms with van der Waals surface area (Å²) < 4.78 is 1.96. The maximum absolute atomic E-state index is 5.25. The summed E-state index contributed by atoms with van der Waals surface area (Å²) in [6.45, 7) is 1.93. The van der Waals surface area contributed by atoms with Gasteiger partial charge in [0, 0.05) is 11.6 Å². The molecule has 0 spiro atoms. The van der Waals surface area contributed by atoms with Crippen molar-refractivity contribution in [1.82, 2.24) is 14.8 Å². The van der Waals surface area contributed by atoms with Crippen molar-refractivity contribution >= 4 is 39.8 Å². The zero-order valence-corrected chi connectivity index (χ0v) is 9.60. The number of hydrogen-bond donors (Lipinski definition) is 2. The second kappa shape index (κ2) is 3.95. The number of nitrogens with zero attached hydrogens (tertiary/aromatic N) is 3. The quantitative estimate of drug-likeness (QED) is 0.463. The summed E-state index contributed by atoms with van der Waals surface area (Å²) in [5.41, 5.74) is 9.61. The molecule has 0 aromatic carbocycles. The van der Waals surface area contributed by atoms with Gasteiger partial charge in [0.05, 0.1) is 17.6 Å².